The number of hydrogen-bond acceptors (Lipinski definition) is 6. The first-order valence-electron chi connectivity index (χ1n) is 12.2. The van der Waals surface area contributed by atoms with E-state index in [1.165, 1.54) is 0 Å². The molecule has 0 saturated carbocycles. The Labute approximate surface area is 212 Å². The molecule has 9 heteroatoms. The Bertz CT molecular complexity index is 1120. The van der Waals surface area contributed by atoms with Crippen LogP contribution in [0.15, 0.2) is 37.2 Å². The van der Waals surface area contributed by atoms with Crippen LogP contribution in [0.2, 0.25) is 0 Å². The van der Waals surface area contributed by atoms with E-state index < -0.39 is 0 Å². The minimum absolute atomic E-state index is 0.728. The van der Waals surface area contributed by atoms with Crippen LogP contribution in [0, 0.1) is 0 Å². The SMILES string of the molecule is COc1c(CCc2nccn2C)c(OC)c(CCc2nccn2C)c(OC)c1CCc1nccn1C. The van der Waals surface area contributed by atoms with Gasteiger partial charge in [0.1, 0.15) is 34.7 Å². The van der Waals surface area contributed by atoms with E-state index in [9.17, 15) is 0 Å². The zero-order valence-corrected chi connectivity index (χ0v) is 22.1. The number of benzene rings is 1. The molecule has 192 valence electrons. The summed E-state index contributed by atoms with van der Waals surface area (Å²) in [5.41, 5.74) is 3.11. The van der Waals surface area contributed by atoms with Crippen molar-refractivity contribution in [1.82, 2.24) is 28.7 Å². The van der Waals surface area contributed by atoms with Crippen molar-refractivity contribution in [3.05, 3.63) is 71.3 Å². The molecule has 0 fully saturated rings. The molecule has 4 aromatic rings. The van der Waals surface area contributed by atoms with Crippen molar-refractivity contribution in [3.8, 4) is 17.2 Å². The summed E-state index contributed by atoms with van der Waals surface area (Å²) in [6.45, 7) is 0. The number of methoxy groups -OCH3 is 3. The van der Waals surface area contributed by atoms with Crippen LogP contribution in [-0.2, 0) is 59.7 Å². The third-order valence-corrected chi connectivity index (χ3v) is 6.82. The third-order valence-electron chi connectivity index (χ3n) is 6.82. The Morgan fingerprint density at radius 3 is 0.972 bits per heavy atom. The summed E-state index contributed by atoms with van der Waals surface area (Å²) in [6.07, 6.45) is 15.9. The monoisotopic (exact) mass is 492 g/mol. The maximum absolute atomic E-state index is 6.06. The Balaban J connectivity index is 1.79. The van der Waals surface area contributed by atoms with Crippen LogP contribution < -0.4 is 14.2 Å². The smallest absolute Gasteiger partial charge is 0.132 e. The van der Waals surface area contributed by atoms with Crippen LogP contribution in [0.3, 0.4) is 0 Å². The first-order chi connectivity index (χ1) is 17.5. The van der Waals surface area contributed by atoms with Gasteiger partial charge in [-0.15, -0.1) is 0 Å². The molecule has 0 N–H and O–H groups in total. The van der Waals surface area contributed by atoms with Crippen LogP contribution in [0.5, 0.6) is 17.2 Å². The van der Waals surface area contributed by atoms with Gasteiger partial charge in [-0.2, -0.15) is 0 Å². The lowest BCUT2D eigenvalue weighted by Gasteiger charge is -2.24. The highest BCUT2D eigenvalue weighted by atomic mass is 16.5. The minimum Gasteiger partial charge on any atom is -0.496 e. The average Bonchev–Trinajstić information content (AvgIpc) is 3.60. The van der Waals surface area contributed by atoms with Gasteiger partial charge in [0, 0.05) is 94.3 Å². The summed E-state index contributed by atoms with van der Waals surface area (Å²) in [7, 11) is 11.2. The topological polar surface area (TPSA) is 81.2 Å². The van der Waals surface area contributed by atoms with Gasteiger partial charge in [0.25, 0.3) is 0 Å². The second-order valence-electron chi connectivity index (χ2n) is 8.90. The number of aryl methyl sites for hydroxylation is 6. The van der Waals surface area contributed by atoms with Gasteiger partial charge in [0.15, 0.2) is 0 Å². The van der Waals surface area contributed by atoms with Crippen LogP contribution in [0.1, 0.15) is 34.2 Å². The van der Waals surface area contributed by atoms with Gasteiger partial charge in [-0.3, -0.25) is 0 Å². The maximum Gasteiger partial charge on any atom is 0.132 e. The van der Waals surface area contributed by atoms with E-state index in [-0.39, 0.29) is 0 Å². The molecule has 0 aliphatic carbocycles. The lowest BCUT2D eigenvalue weighted by Crippen LogP contribution is -2.12. The van der Waals surface area contributed by atoms with Crippen LogP contribution >= 0.6 is 0 Å². The summed E-state index contributed by atoms with van der Waals surface area (Å²) >= 11 is 0. The Morgan fingerprint density at radius 2 is 0.778 bits per heavy atom. The number of ether oxygens (including phenoxy) is 3. The van der Waals surface area contributed by atoms with Crippen molar-refractivity contribution < 1.29 is 14.2 Å². The largest absolute Gasteiger partial charge is 0.496 e. The standard InChI is InChI=1S/C27H36N6O3/c1-31-16-13-28-22(31)10-7-19-25(34-4)20(8-11-23-29-14-17-32(23)2)27(36-6)21(26(19)35-5)9-12-24-30-15-18-33(24)3/h13-18H,7-12H2,1-6H3. The van der Waals surface area contributed by atoms with E-state index in [0.29, 0.717) is 0 Å². The quantitative estimate of drug-likeness (QED) is 0.302. The molecule has 4 rings (SSSR count). The molecule has 0 unspecified atom stereocenters. The Hall–Kier alpha value is -3.75. The first kappa shape index (κ1) is 25.3. The number of nitrogens with zero attached hydrogens (tertiary/aromatic N) is 6. The van der Waals surface area contributed by atoms with E-state index in [1.54, 1.807) is 21.3 Å². The van der Waals surface area contributed by atoms with Crippen molar-refractivity contribution >= 4 is 0 Å². The Morgan fingerprint density at radius 1 is 0.500 bits per heavy atom. The van der Waals surface area contributed by atoms with Crippen molar-refractivity contribution in [3.63, 3.8) is 0 Å². The normalized spacial score (nSPS) is 11.2. The molecule has 9 nitrogen and oxygen atoms in total. The molecule has 36 heavy (non-hydrogen) atoms. The molecule has 0 bridgehead atoms. The highest BCUT2D eigenvalue weighted by Gasteiger charge is 2.27. The number of hydrogen-bond donors (Lipinski definition) is 0. The molecule has 0 saturated heterocycles. The maximum atomic E-state index is 6.06. The predicted octanol–water partition coefficient (Wildman–Crippen LogP) is 3.27. The Kier molecular flexibility index (Phi) is 7.97. The number of rotatable bonds is 12. The lowest BCUT2D eigenvalue weighted by atomic mass is 9.92. The van der Waals surface area contributed by atoms with Crippen LogP contribution in [0.25, 0.3) is 0 Å². The summed E-state index contributed by atoms with van der Waals surface area (Å²) < 4.78 is 24.3. The van der Waals surface area contributed by atoms with Gasteiger partial charge in [-0.25, -0.2) is 15.0 Å². The summed E-state index contributed by atoms with van der Waals surface area (Å²) in [6, 6.07) is 0. The zero-order valence-electron chi connectivity index (χ0n) is 22.1. The van der Waals surface area contributed by atoms with Crippen molar-refractivity contribution in [2.45, 2.75) is 38.5 Å². The van der Waals surface area contributed by atoms with Gasteiger partial charge in [0.2, 0.25) is 0 Å². The lowest BCUT2D eigenvalue weighted by molar-refractivity contribution is 0.355. The average molecular weight is 493 g/mol. The summed E-state index contributed by atoms with van der Waals surface area (Å²) in [4.78, 5) is 13.5. The second-order valence-corrected chi connectivity index (χ2v) is 8.90. The van der Waals surface area contributed by atoms with Crippen LogP contribution in [-0.4, -0.2) is 50.0 Å². The number of imidazole rings is 3. The third kappa shape index (κ3) is 5.10. The molecule has 0 radical (unpaired) electrons. The van der Waals surface area contributed by atoms with E-state index in [1.807, 2.05) is 72.0 Å². The molecular formula is C27H36N6O3. The molecule has 0 amide bonds. The molecule has 3 heterocycles. The van der Waals surface area contributed by atoms with Gasteiger partial charge >= 0.3 is 0 Å². The zero-order chi connectivity index (χ0) is 25.7. The molecule has 0 aliphatic rings. The molecule has 0 atom stereocenters. The molecule has 1 aromatic carbocycles. The highest BCUT2D eigenvalue weighted by molar-refractivity contribution is 5.63. The van der Waals surface area contributed by atoms with E-state index in [4.69, 9.17) is 14.2 Å². The summed E-state index contributed by atoms with van der Waals surface area (Å²) in [5.74, 6) is 5.48. The second kappa shape index (κ2) is 11.3. The van der Waals surface area contributed by atoms with E-state index in [0.717, 1.165) is 89.9 Å². The van der Waals surface area contributed by atoms with Gasteiger partial charge in [-0.1, -0.05) is 0 Å². The van der Waals surface area contributed by atoms with Crippen LogP contribution in [0.4, 0.5) is 0 Å². The van der Waals surface area contributed by atoms with Crippen molar-refractivity contribution in [2.24, 2.45) is 21.1 Å². The van der Waals surface area contributed by atoms with Gasteiger partial charge in [0.05, 0.1) is 21.3 Å². The van der Waals surface area contributed by atoms with E-state index >= 15 is 0 Å². The predicted molar refractivity (Wildman–Crippen MR) is 138 cm³/mol. The molecule has 0 spiro atoms. The molecule has 3 aromatic heterocycles. The number of aromatic nitrogens is 6. The fraction of sp³-hybridized carbons (Fsp3) is 0.444. The highest BCUT2D eigenvalue weighted by Crippen LogP contribution is 2.45. The fourth-order valence-electron chi connectivity index (χ4n) is 4.90. The fourth-order valence-corrected chi connectivity index (χ4v) is 4.90. The van der Waals surface area contributed by atoms with E-state index in [2.05, 4.69) is 15.0 Å². The first-order valence-corrected chi connectivity index (χ1v) is 12.2. The summed E-state index contributed by atoms with van der Waals surface area (Å²) in [5, 5.41) is 0. The van der Waals surface area contributed by atoms with Crippen molar-refractivity contribution in [1.29, 1.82) is 0 Å². The van der Waals surface area contributed by atoms with Gasteiger partial charge in [-0.05, 0) is 19.3 Å². The van der Waals surface area contributed by atoms with Crippen molar-refractivity contribution in [2.75, 3.05) is 21.3 Å². The molecular weight excluding hydrogens is 456 g/mol. The molecule has 0 aliphatic heterocycles. The van der Waals surface area contributed by atoms with Gasteiger partial charge < -0.3 is 27.9 Å². The minimum atomic E-state index is 0.728.